The first kappa shape index (κ1) is 20.1. The van der Waals surface area contributed by atoms with Gasteiger partial charge in [0.05, 0.1) is 0 Å². The summed E-state index contributed by atoms with van der Waals surface area (Å²) in [5.74, 6) is 1.31. The highest BCUT2D eigenvalue weighted by molar-refractivity contribution is 5.97. The van der Waals surface area contributed by atoms with Crippen LogP contribution < -0.4 is 10.6 Å². The Morgan fingerprint density at radius 2 is 2.19 bits per heavy atom. The second kappa shape index (κ2) is 8.36. The molecule has 2 unspecified atom stereocenters. The highest BCUT2D eigenvalue weighted by atomic mass is 16.2. The molecule has 2 bridgehead atoms. The number of unbranched alkanes of at least 4 members (excludes halogenated alkanes) is 1. The number of hydrogen-bond donors (Lipinski definition) is 3. The van der Waals surface area contributed by atoms with Gasteiger partial charge in [0.2, 0.25) is 5.91 Å². The number of allylic oxidation sites excluding steroid dienone is 1. The molecule has 7 heteroatoms. The Kier molecular flexibility index (Phi) is 5.42. The fourth-order valence-corrected chi connectivity index (χ4v) is 4.91. The molecule has 3 aliphatic rings. The number of hydrogen-bond acceptors (Lipinski definition) is 3. The maximum absolute atomic E-state index is 12.8. The number of urea groups is 1. The second-order valence-corrected chi connectivity index (χ2v) is 9.22. The first-order valence-corrected chi connectivity index (χ1v) is 11.6. The Balaban J connectivity index is 1.39. The maximum atomic E-state index is 12.8. The normalized spacial score (nSPS) is 22.9. The average Bonchev–Trinajstić information content (AvgIpc) is 3.42. The Morgan fingerprint density at radius 1 is 1.32 bits per heavy atom. The van der Waals surface area contributed by atoms with E-state index in [1.54, 1.807) is 0 Å². The molecule has 1 saturated heterocycles. The summed E-state index contributed by atoms with van der Waals surface area (Å²) in [6.45, 7) is 3.71. The quantitative estimate of drug-likeness (QED) is 0.608. The third kappa shape index (κ3) is 4.18. The number of nitrogens with one attached hydrogen (secondary N) is 3. The number of H-pyrrole nitrogens is 1. The summed E-state index contributed by atoms with van der Waals surface area (Å²) in [4.78, 5) is 34.9. The molecular weight excluding hydrogens is 390 g/mol. The summed E-state index contributed by atoms with van der Waals surface area (Å²) in [5, 5.41) is 7.15. The molecule has 0 radical (unpaired) electrons. The van der Waals surface area contributed by atoms with Crippen LogP contribution in [-0.2, 0) is 4.79 Å². The fourth-order valence-electron chi connectivity index (χ4n) is 4.91. The van der Waals surface area contributed by atoms with Gasteiger partial charge < -0.3 is 20.5 Å². The Hall–Kier alpha value is -2.83. The molecule has 2 fully saturated rings. The molecule has 7 nitrogen and oxygen atoms in total. The predicted octanol–water partition coefficient (Wildman–Crippen LogP) is 4.29. The van der Waals surface area contributed by atoms with E-state index >= 15 is 0 Å². The van der Waals surface area contributed by atoms with E-state index in [2.05, 4.69) is 33.6 Å². The van der Waals surface area contributed by atoms with Crippen LogP contribution in [0.5, 0.6) is 0 Å². The van der Waals surface area contributed by atoms with Gasteiger partial charge in [-0.05, 0) is 67.7 Å². The van der Waals surface area contributed by atoms with Gasteiger partial charge in [-0.3, -0.25) is 4.79 Å². The molecule has 5 rings (SSSR count). The van der Waals surface area contributed by atoms with Crippen molar-refractivity contribution in [3.05, 3.63) is 30.0 Å². The average molecular weight is 422 g/mol. The van der Waals surface area contributed by atoms with E-state index in [4.69, 9.17) is 0 Å². The first-order chi connectivity index (χ1) is 15.1. The first-order valence-electron chi connectivity index (χ1n) is 11.6. The van der Waals surface area contributed by atoms with Crippen LogP contribution in [0.4, 0.5) is 10.6 Å². The van der Waals surface area contributed by atoms with Gasteiger partial charge in [0, 0.05) is 36.6 Å². The summed E-state index contributed by atoms with van der Waals surface area (Å²) in [6.07, 6.45) is 11.1. The Morgan fingerprint density at radius 3 is 3.00 bits per heavy atom. The molecule has 2 aromatic rings. The zero-order valence-electron chi connectivity index (χ0n) is 18.1. The summed E-state index contributed by atoms with van der Waals surface area (Å²) < 4.78 is 0. The number of aromatic nitrogens is 2. The summed E-state index contributed by atoms with van der Waals surface area (Å²) in [6, 6.07) is 4.34. The number of fused-ring (bicyclic) bond motifs is 3. The van der Waals surface area contributed by atoms with Crippen LogP contribution in [0.25, 0.3) is 16.6 Å². The molecule has 2 aliphatic carbocycles. The van der Waals surface area contributed by atoms with Crippen LogP contribution in [0, 0.1) is 11.8 Å². The van der Waals surface area contributed by atoms with Crippen molar-refractivity contribution in [2.75, 3.05) is 18.4 Å². The van der Waals surface area contributed by atoms with Crippen molar-refractivity contribution in [2.45, 2.75) is 57.9 Å². The zero-order valence-corrected chi connectivity index (χ0v) is 18.1. The van der Waals surface area contributed by atoms with Crippen LogP contribution in [0.3, 0.4) is 0 Å². The van der Waals surface area contributed by atoms with E-state index in [1.165, 1.54) is 5.57 Å². The van der Waals surface area contributed by atoms with E-state index in [1.807, 2.05) is 23.2 Å². The van der Waals surface area contributed by atoms with Crippen molar-refractivity contribution < 1.29 is 9.59 Å². The molecule has 0 aromatic carbocycles. The number of carbonyl (C=O) groups is 2. The molecule has 3 N–H and O–H groups in total. The lowest BCUT2D eigenvalue weighted by molar-refractivity contribution is -0.117. The Bertz CT molecular complexity index is 1020. The molecule has 31 heavy (non-hydrogen) atoms. The van der Waals surface area contributed by atoms with Crippen LogP contribution in [0.2, 0.25) is 0 Å². The lowest BCUT2D eigenvalue weighted by atomic mass is 9.96. The molecule has 2 atom stereocenters. The highest BCUT2D eigenvalue weighted by Gasteiger charge is 2.37. The number of rotatable bonds is 6. The van der Waals surface area contributed by atoms with Crippen molar-refractivity contribution >= 4 is 34.4 Å². The second-order valence-electron chi connectivity index (χ2n) is 9.22. The number of pyridine rings is 1. The molecule has 3 heterocycles. The van der Waals surface area contributed by atoms with E-state index < -0.39 is 0 Å². The minimum atomic E-state index is 0.0631. The molecular formula is C24H31N5O2. The van der Waals surface area contributed by atoms with Crippen molar-refractivity contribution in [1.82, 2.24) is 20.2 Å². The Labute approximate surface area is 182 Å². The molecule has 164 valence electrons. The van der Waals surface area contributed by atoms with E-state index in [9.17, 15) is 9.59 Å². The number of nitrogens with zero attached hydrogens (tertiary/aromatic N) is 2. The van der Waals surface area contributed by atoms with Crippen LogP contribution >= 0.6 is 0 Å². The molecule has 0 spiro atoms. The lowest BCUT2D eigenvalue weighted by Crippen LogP contribution is -2.43. The number of anilines is 1. The van der Waals surface area contributed by atoms with Crippen molar-refractivity contribution in [3.8, 4) is 0 Å². The number of amides is 3. The smallest absolute Gasteiger partial charge is 0.317 e. The molecule has 3 amide bonds. The minimum absolute atomic E-state index is 0.0631. The van der Waals surface area contributed by atoms with Gasteiger partial charge in [0.25, 0.3) is 0 Å². The van der Waals surface area contributed by atoms with Gasteiger partial charge in [-0.25, -0.2) is 9.78 Å². The predicted molar refractivity (Wildman–Crippen MR) is 122 cm³/mol. The standard InChI is InChI=1S/C24H31N5O2/c1-2-3-9-26-24(31)29-14-15-4-5-17(12-18(29)11-15)20-13-21(28-23(30)16-6-7-16)27-22-19(20)8-10-25-22/h5,8,10,13,15-16,18H,2-4,6-7,9,11-12,14H2,1H3,(H,26,31)(H2,25,27,28,30). The summed E-state index contributed by atoms with van der Waals surface area (Å²) in [7, 11) is 0. The van der Waals surface area contributed by atoms with Crippen molar-refractivity contribution in [3.63, 3.8) is 0 Å². The number of likely N-dealkylation sites (tertiary alicyclic amines) is 1. The van der Waals surface area contributed by atoms with Crippen LogP contribution in [-0.4, -0.2) is 45.9 Å². The molecule has 1 saturated carbocycles. The van der Waals surface area contributed by atoms with Gasteiger partial charge in [-0.2, -0.15) is 0 Å². The van der Waals surface area contributed by atoms with Crippen molar-refractivity contribution in [2.24, 2.45) is 11.8 Å². The van der Waals surface area contributed by atoms with Gasteiger partial charge in [-0.1, -0.05) is 19.4 Å². The SMILES string of the molecule is CCCCNC(=O)N1CC2CC=C(c3cc(NC(=O)C4CC4)nc4[nH]ccc34)CC1C2. The van der Waals surface area contributed by atoms with E-state index in [0.717, 1.165) is 74.6 Å². The largest absolute Gasteiger partial charge is 0.346 e. The highest BCUT2D eigenvalue weighted by Crippen LogP contribution is 2.39. The van der Waals surface area contributed by atoms with Crippen molar-refractivity contribution in [1.29, 1.82) is 0 Å². The summed E-state index contributed by atoms with van der Waals surface area (Å²) >= 11 is 0. The summed E-state index contributed by atoms with van der Waals surface area (Å²) in [5.41, 5.74) is 3.14. The van der Waals surface area contributed by atoms with E-state index in [-0.39, 0.29) is 23.9 Å². The zero-order chi connectivity index (χ0) is 21.4. The molecule has 2 aromatic heterocycles. The molecule has 1 aliphatic heterocycles. The third-order valence-corrected chi connectivity index (χ3v) is 6.80. The topological polar surface area (TPSA) is 90.1 Å². The number of carbonyl (C=O) groups excluding carboxylic acids is 2. The number of aromatic amines is 1. The monoisotopic (exact) mass is 421 g/mol. The van der Waals surface area contributed by atoms with E-state index in [0.29, 0.717) is 11.7 Å². The third-order valence-electron chi connectivity index (χ3n) is 6.80. The van der Waals surface area contributed by atoms with Gasteiger partial charge >= 0.3 is 6.03 Å². The maximum Gasteiger partial charge on any atom is 0.317 e. The van der Waals surface area contributed by atoms with Gasteiger partial charge in [0.15, 0.2) is 0 Å². The van der Waals surface area contributed by atoms with Crippen LogP contribution in [0.1, 0.15) is 57.4 Å². The minimum Gasteiger partial charge on any atom is -0.346 e. The lowest BCUT2D eigenvalue weighted by Gasteiger charge is -2.27. The van der Waals surface area contributed by atoms with Crippen LogP contribution in [0.15, 0.2) is 24.4 Å². The fraction of sp³-hybridized carbons (Fsp3) is 0.542. The van der Waals surface area contributed by atoms with Gasteiger partial charge in [-0.15, -0.1) is 0 Å². The van der Waals surface area contributed by atoms with Gasteiger partial charge in [0.1, 0.15) is 11.5 Å².